The molecule has 0 saturated carbocycles. The molecule has 2 aromatic carbocycles. The highest BCUT2D eigenvalue weighted by molar-refractivity contribution is 7.98. The number of aryl methyl sites for hydroxylation is 1. The van der Waals surface area contributed by atoms with Gasteiger partial charge in [-0.3, -0.25) is 4.31 Å². The van der Waals surface area contributed by atoms with Gasteiger partial charge in [0.25, 0.3) is 10.0 Å². The second-order valence-electron chi connectivity index (χ2n) is 7.28. The molecular formula is C21H18ClN5O3S2. The summed E-state index contributed by atoms with van der Waals surface area (Å²) in [5, 5.41) is 0.713. The lowest BCUT2D eigenvalue weighted by molar-refractivity contribution is 0.586. The smallest absolute Gasteiger partial charge is 0.303 e. The molecule has 5 rings (SSSR count). The van der Waals surface area contributed by atoms with Gasteiger partial charge >= 0.3 is 5.69 Å². The number of aromatic amines is 1. The fraction of sp³-hybridized carbons (Fsp3) is 0.190. The summed E-state index contributed by atoms with van der Waals surface area (Å²) in [6.45, 7) is 0.384. The van der Waals surface area contributed by atoms with Crippen molar-refractivity contribution in [2.45, 2.75) is 22.9 Å². The maximum absolute atomic E-state index is 13.6. The van der Waals surface area contributed by atoms with Crippen LogP contribution in [0.4, 0.5) is 5.69 Å². The molecule has 0 fully saturated rings. The predicted octanol–water partition coefficient (Wildman–Crippen LogP) is 3.63. The lowest BCUT2D eigenvalue weighted by atomic mass is 10.0. The molecule has 1 N–H and O–H groups in total. The molecule has 0 amide bonds. The average molecular weight is 488 g/mol. The van der Waals surface area contributed by atoms with Crippen LogP contribution in [0.5, 0.6) is 0 Å². The van der Waals surface area contributed by atoms with E-state index in [2.05, 4.69) is 15.0 Å². The molecule has 1 aliphatic heterocycles. The highest BCUT2D eigenvalue weighted by atomic mass is 35.5. The summed E-state index contributed by atoms with van der Waals surface area (Å²) in [6, 6.07) is 11.9. The summed E-state index contributed by atoms with van der Waals surface area (Å²) in [5.41, 5.74) is 2.19. The summed E-state index contributed by atoms with van der Waals surface area (Å²) in [6.07, 6.45) is 4.90. The average Bonchev–Trinajstić information content (AvgIpc) is 3.13. The van der Waals surface area contributed by atoms with Crippen molar-refractivity contribution in [1.29, 1.82) is 0 Å². The van der Waals surface area contributed by atoms with E-state index >= 15 is 0 Å². The lowest BCUT2D eigenvalue weighted by Gasteiger charge is -2.30. The number of imidazole rings is 1. The van der Waals surface area contributed by atoms with Crippen LogP contribution in [0.25, 0.3) is 16.9 Å². The summed E-state index contributed by atoms with van der Waals surface area (Å²) in [7, 11) is -3.87. The molecule has 8 nitrogen and oxygen atoms in total. The molecule has 4 aromatic rings. The first kappa shape index (κ1) is 21.0. The van der Waals surface area contributed by atoms with Crippen molar-refractivity contribution < 1.29 is 8.42 Å². The molecule has 0 aliphatic carbocycles. The normalized spacial score (nSPS) is 14.0. The van der Waals surface area contributed by atoms with Crippen LogP contribution in [0.3, 0.4) is 0 Å². The van der Waals surface area contributed by atoms with Crippen molar-refractivity contribution >= 4 is 50.2 Å². The first-order valence-corrected chi connectivity index (χ1v) is 12.9. The zero-order valence-corrected chi connectivity index (χ0v) is 19.3. The van der Waals surface area contributed by atoms with Gasteiger partial charge in [-0.25, -0.2) is 27.7 Å². The lowest BCUT2D eigenvalue weighted by Crippen LogP contribution is -2.35. The number of hydrogen-bond donors (Lipinski definition) is 1. The minimum atomic E-state index is -3.87. The highest BCUT2D eigenvalue weighted by Crippen LogP contribution is 2.33. The molecule has 1 aliphatic rings. The van der Waals surface area contributed by atoms with Gasteiger partial charge in [0.15, 0.2) is 10.8 Å². The van der Waals surface area contributed by atoms with Gasteiger partial charge in [-0.1, -0.05) is 41.6 Å². The number of nitrogens with one attached hydrogen (secondary N) is 1. The fourth-order valence-corrected chi connectivity index (χ4v) is 6.00. The molecule has 0 atom stereocenters. The number of rotatable bonds is 4. The number of aromatic nitrogens is 4. The van der Waals surface area contributed by atoms with E-state index in [0.717, 1.165) is 18.4 Å². The number of sulfonamides is 1. The number of H-pyrrole nitrogens is 1. The van der Waals surface area contributed by atoms with E-state index in [1.165, 1.54) is 45.0 Å². The second-order valence-corrected chi connectivity index (χ2v) is 10.3. The van der Waals surface area contributed by atoms with Crippen molar-refractivity contribution in [1.82, 2.24) is 19.5 Å². The van der Waals surface area contributed by atoms with Gasteiger partial charge in [-0.2, -0.15) is 0 Å². The van der Waals surface area contributed by atoms with Gasteiger partial charge < -0.3 is 4.98 Å². The van der Waals surface area contributed by atoms with Crippen LogP contribution in [-0.4, -0.2) is 40.7 Å². The summed E-state index contributed by atoms with van der Waals surface area (Å²) in [5.74, 6) is 0. The zero-order valence-electron chi connectivity index (χ0n) is 16.9. The minimum absolute atomic E-state index is 0.0500. The Balaban J connectivity index is 1.67. The Hall–Kier alpha value is -2.82. The van der Waals surface area contributed by atoms with Gasteiger partial charge in [0.2, 0.25) is 0 Å². The Morgan fingerprint density at radius 3 is 2.78 bits per heavy atom. The highest BCUT2D eigenvalue weighted by Gasteiger charge is 2.30. The molecular weight excluding hydrogens is 470 g/mol. The van der Waals surface area contributed by atoms with Crippen molar-refractivity contribution in [2.75, 3.05) is 17.1 Å². The molecule has 0 unspecified atom stereocenters. The first-order chi connectivity index (χ1) is 15.4. The molecule has 3 heterocycles. The van der Waals surface area contributed by atoms with Crippen LogP contribution in [0.1, 0.15) is 12.0 Å². The maximum atomic E-state index is 13.6. The van der Waals surface area contributed by atoms with Crippen molar-refractivity contribution in [3.63, 3.8) is 0 Å². The van der Waals surface area contributed by atoms with Gasteiger partial charge in [0.05, 0.1) is 27.5 Å². The van der Waals surface area contributed by atoms with Gasteiger partial charge in [-0.05, 0) is 48.9 Å². The van der Waals surface area contributed by atoms with Gasteiger partial charge in [-0.15, -0.1) is 0 Å². The van der Waals surface area contributed by atoms with Crippen molar-refractivity contribution in [3.8, 4) is 5.69 Å². The van der Waals surface area contributed by atoms with Crippen LogP contribution in [0.15, 0.2) is 63.5 Å². The van der Waals surface area contributed by atoms with E-state index in [9.17, 15) is 13.2 Å². The third kappa shape index (κ3) is 3.39. The quantitative estimate of drug-likeness (QED) is 0.348. The Kier molecular flexibility index (Phi) is 5.23. The standard InChI is InChI=1S/C21H18ClN5O3S2/c1-31-20-23-12-16-19(25-20)27(21(28)24-16)18-11-14(8-9-15(18)22)32(29,30)26-10-4-6-13-5-2-3-7-17(13)26/h2-3,5,7-9,11-12H,4,6,10H2,1H3,(H,24,28). The van der Waals surface area contributed by atoms with Crippen LogP contribution in [0, 0.1) is 0 Å². The largest absolute Gasteiger partial charge is 0.332 e. The second kappa shape index (κ2) is 7.95. The zero-order chi connectivity index (χ0) is 22.5. The Morgan fingerprint density at radius 1 is 1.16 bits per heavy atom. The Bertz CT molecular complexity index is 1510. The van der Waals surface area contributed by atoms with E-state index in [0.29, 0.717) is 28.6 Å². The van der Waals surface area contributed by atoms with E-state index < -0.39 is 15.7 Å². The van der Waals surface area contributed by atoms with E-state index in [1.54, 1.807) is 0 Å². The van der Waals surface area contributed by atoms with Crippen LogP contribution in [-0.2, 0) is 16.4 Å². The van der Waals surface area contributed by atoms with Crippen LogP contribution < -0.4 is 9.99 Å². The van der Waals surface area contributed by atoms with E-state index in [-0.39, 0.29) is 15.6 Å². The van der Waals surface area contributed by atoms with Crippen molar-refractivity contribution in [3.05, 3.63) is 69.7 Å². The number of para-hydroxylation sites is 1. The monoisotopic (exact) mass is 487 g/mol. The van der Waals surface area contributed by atoms with Crippen LogP contribution >= 0.6 is 23.4 Å². The van der Waals surface area contributed by atoms with E-state index in [4.69, 9.17) is 11.6 Å². The van der Waals surface area contributed by atoms with Crippen LogP contribution in [0.2, 0.25) is 5.02 Å². The number of benzene rings is 2. The van der Waals surface area contributed by atoms with Gasteiger partial charge in [0.1, 0.15) is 5.52 Å². The SMILES string of the molecule is CSc1ncc2[nH]c(=O)n(-c3cc(S(=O)(=O)N4CCCc5ccccc54)ccc3Cl)c2n1. The van der Waals surface area contributed by atoms with E-state index in [1.807, 2.05) is 30.5 Å². The summed E-state index contributed by atoms with van der Waals surface area (Å²) >= 11 is 7.75. The van der Waals surface area contributed by atoms with Gasteiger partial charge in [0, 0.05) is 6.54 Å². The first-order valence-electron chi connectivity index (χ1n) is 9.82. The number of hydrogen-bond acceptors (Lipinski definition) is 6. The number of nitrogens with zero attached hydrogens (tertiary/aromatic N) is 4. The molecule has 0 saturated heterocycles. The maximum Gasteiger partial charge on any atom is 0.332 e. The number of anilines is 1. The topological polar surface area (TPSA) is 101 Å². The Labute approximate surface area is 193 Å². The molecule has 0 radical (unpaired) electrons. The molecule has 32 heavy (non-hydrogen) atoms. The number of fused-ring (bicyclic) bond motifs is 2. The summed E-state index contributed by atoms with van der Waals surface area (Å²) < 4.78 is 29.9. The predicted molar refractivity (Wildman–Crippen MR) is 126 cm³/mol. The molecule has 2 aromatic heterocycles. The Morgan fingerprint density at radius 2 is 1.97 bits per heavy atom. The molecule has 164 valence electrons. The summed E-state index contributed by atoms with van der Waals surface area (Å²) in [4.78, 5) is 24.1. The third-order valence-electron chi connectivity index (χ3n) is 5.40. The number of halogens is 1. The number of thioether (sulfide) groups is 1. The molecule has 0 spiro atoms. The molecule has 11 heteroatoms. The third-order valence-corrected chi connectivity index (χ3v) is 8.09. The minimum Gasteiger partial charge on any atom is -0.303 e. The van der Waals surface area contributed by atoms with Crippen molar-refractivity contribution in [2.24, 2.45) is 0 Å². The molecule has 0 bridgehead atoms. The fourth-order valence-electron chi connectivity index (χ4n) is 3.91.